The number of fused-ring (bicyclic) bond motifs is 1. The number of hydrogen-bond acceptors (Lipinski definition) is 10. The second-order valence-electron chi connectivity index (χ2n) is 7.22. The van der Waals surface area contributed by atoms with Gasteiger partial charge in [-0.15, -0.1) is 11.3 Å². The van der Waals surface area contributed by atoms with Crippen molar-refractivity contribution in [2.24, 2.45) is 5.73 Å². The number of anilines is 1. The molecule has 3 heterocycles. The number of carboxylic acids is 2. The molecule has 1 amide bonds. The number of carbonyl (C=O) groups excluding carboxylic acids is 1. The van der Waals surface area contributed by atoms with Gasteiger partial charge in [-0.25, -0.2) is 4.79 Å². The average Bonchev–Trinajstić information content (AvgIpc) is 3.42. The van der Waals surface area contributed by atoms with E-state index in [-0.39, 0.29) is 28.9 Å². The van der Waals surface area contributed by atoms with E-state index in [4.69, 9.17) is 16.6 Å². The molecule has 1 unspecified atom stereocenters. The summed E-state index contributed by atoms with van der Waals surface area (Å²) in [5.74, 6) is -3.01. The molecule has 3 aromatic rings. The number of hydrogen-bond donors (Lipinski definition) is 7. The van der Waals surface area contributed by atoms with Gasteiger partial charge in [0, 0.05) is 28.5 Å². The van der Waals surface area contributed by atoms with Gasteiger partial charge in [0.05, 0.1) is 10.3 Å². The van der Waals surface area contributed by atoms with Crippen molar-refractivity contribution in [2.75, 3.05) is 17.2 Å². The molecule has 15 heteroatoms. The fourth-order valence-electron chi connectivity index (χ4n) is 3.00. The van der Waals surface area contributed by atoms with Gasteiger partial charge in [-0.2, -0.15) is 4.98 Å². The first-order valence-corrected chi connectivity index (χ1v) is 13.1. The Hall–Kier alpha value is -3.01. The summed E-state index contributed by atoms with van der Waals surface area (Å²) in [5, 5.41) is 21.1. The molecule has 0 fully saturated rings. The van der Waals surface area contributed by atoms with Crippen molar-refractivity contribution in [3.05, 3.63) is 44.0 Å². The number of carbonyl (C=O) groups is 3. The zero-order chi connectivity index (χ0) is 25.0. The monoisotopic (exact) mass is 526 g/mol. The molecule has 3 atom stereocenters. The van der Waals surface area contributed by atoms with Crippen LogP contribution in [0, 0.1) is 0 Å². The smallest absolute Gasteiger partial charge is 0.327 e. The molecule has 0 saturated carbocycles. The van der Waals surface area contributed by atoms with Crippen molar-refractivity contribution in [3.8, 4) is 0 Å². The normalized spacial score (nSPS) is 13.9. The van der Waals surface area contributed by atoms with Crippen molar-refractivity contribution >= 4 is 67.8 Å². The summed E-state index contributed by atoms with van der Waals surface area (Å²) in [6, 6.07) is 1.12. The zero-order valence-electron chi connectivity index (χ0n) is 17.7. The van der Waals surface area contributed by atoms with E-state index in [1.807, 2.05) is 6.92 Å². The Morgan fingerprint density at radius 3 is 2.59 bits per heavy atom. The molecule has 12 nitrogen and oxygen atoms in total. The molecule has 0 aliphatic heterocycles. The van der Waals surface area contributed by atoms with Gasteiger partial charge < -0.3 is 32.0 Å². The Morgan fingerprint density at radius 1 is 1.21 bits per heavy atom. The first kappa shape index (κ1) is 25.6. The maximum atomic E-state index is 12.7. The third-order valence-electron chi connectivity index (χ3n) is 4.82. The molecule has 0 aliphatic carbocycles. The number of nitrogen functional groups attached to an aromatic ring is 1. The molecular weight excluding hydrogens is 504 g/mol. The molecule has 182 valence electrons. The fourth-order valence-corrected chi connectivity index (χ4v) is 6.25. The Bertz CT molecular complexity index is 1270. The van der Waals surface area contributed by atoms with Crippen LogP contribution >= 0.6 is 32.9 Å². The van der Waals surface area contributed by atoms with Crippen LogP contribution in [0.4, 0.5) is 5.95 Å². The molecule has 3 rings (SSSR count). The Kier molecular flexibility index (Phi) is 8.24. The Labute approximate surface area is 204 Å². The number of H-pyrrole nitrogens is 2. The minimum Gasteiger partial charge on any atom is -0.480 e. The SMILES string of the molecule is CC(c1ccc(C(=O)N[C@@H](CSSC[C@H](N)C(=O)O)C(=O)O)s1)c1c[nH]c2nc(N)[nH]c(=O)c12. The molecule has 0 saturated heterocycles. The molecule has 9 N–H and O–H groups in total. The summed E-state index contributed by atoms with van der Waals surface area (Å²) in [7, 11) is 2.24. The van der Waals surface area contributed by atoms with E-state index in [2.05, 4.69) is 20.3 Å². The van der Waals surface area contributed by atoms with Crippen LogP contribution < -0.4 is 22.3 Å². The average molecular weight is 527 g/mol. The number of amides is 1. The third-order valence-corrected chi connectivity index (χ3v) is 8.54. The van der Waals surface area contributed by atoms with Gasteiger partial charge in [0.15, 0.2) is 0 Å². The standard InChI is InChI=1S/C19H22N6O6S3/c1-7(8-4-22-14-13(8)16(27)25-19(21)24-14)11-2-3-12(34-11)15(26)23-10(18(30)31)6-33-32-5-9(20)17(28)29/h2-4,7,9-10H,5-6,20H2,1H3,(H,23,26)(H,28,29)(H,30,31)(H4,21,22,24,25,27)/t7?,9-,10-/m0/s1. The van der Waals surface area contributed by atoms with E-state index in [1.54, 1.807) is 18.3 Å². The highest BCUT2D eigenvalue weighted by Gasteiger charge is 2.24. The minimum absolute atomic E-state index is 0.00270. The molecule has 3 aromatic heterocycles. The Balaban J connectivity index is 1.66. The van der Waals surface area contributed by atoms with Crippen LogP contribution in [0.15, 0.2) is 23.1 Å². The first-order chi connectivity index (χ1) is 16.1. The summed E-state index contributed by atoms with van der Waals surface area (Å²) in [4.78, 5) is 57.9. The number of thiophene rings is 1. The van der Waals surface area contributed by atoms with Crippen LogP contribution in [-0.2, 0) is 9.59 Å². The summed E-state index contributed by atoms with van der Waals surface area (Å²) >= 11 is 1.18. The van der Waals surface area contributed by atoms with E-state index in [0.717, 1.165) is 26.5 Å². The highest BCUT2D eigenvalue weighted by atomic mass is 33.1. The van der Waals surface area contributed by atoms with Crippen LogP contribution in [0.5, 0.6) is 0 Å². The number of aromatic nitrogens is 3. The lowest BCUT2D eigenvalue weighted by Crippen LogP contribution is -2.42. The summed E-state index contributed by atoms with van der Waals surface area (Å²) in [6.07, 6.45) is 1.67. The van der Waals surface area contributed by atoms with E-state index in [1.165, 1.54) is 11.3 Å². The van der Waals surface area contributed by atoms with Crippen LogP contribution in [-0.4, -0.2) is 66.6 Å². The molecule has 0 spiro atoms. The molecule has 0 aliphatic rings. The van der Waals surface area contributed by atoms with E-state index in [0.29, 0.717) is 21.5 Å². The number of nitrogens with two attached hydrogens (primary N) is 2. The Morgan fingerprint density at radius 2 is 1.91 bits per heavy atom. The van der Waals surface area contributed by atoms with E-state index >= 15 is 0 Å². The van der Waals surface area contributed by atoms with Crippen molar-refractivity contribution < 1.29 is 24.6 Å². The van der Waals surface area contributed by atoms with Crippen LogP contribution in [0.25, 0.3) is 11.0 Å². The summed E-state index contributed by atoms with van der Waals surface area (Å²) in [5.41, 5.74) is 11.7. The van der Waals surface area contributed by atoms with Gasteiger partial charge in [0.25, 0.3) is 11.5 Å². The molecular formula is C19H22N6O6S3. The number of nitrogens with zero attached hydrogens (tertiary/aromatic N) is 1. The molecule has 0 radical (unpaired) electrons. The maximum absolute atomic E-state index is 12.7. The van der Waals surface area contributed by atoms with E-state index in [9.17, 15) is 24.3 Å². The fraction of sp³-hybridized carbons (Fsp3) is 0.316. The highest BCUT2D eigenvalue weighted by molar-refractivity contribution is 8.76. The van der Waals surface area contributed by atoms with Gasteiger partial charge in [-0.05, 0) is 17.7 Å². The minimum atomic E-state index is -1.21. The van der Waals surface area contributed by atoms with Gasteiger partial charge in [0.1, 0.15) is 17.7 Å². The first-order valence-electron chi connectivity index (χ1n) is 9.81. The predicted octanol–water partition coefficient (Wildman–Crippen LogP) is 1.02. The predicted molar refractivity (Wildman–Crippen MR) is 132 cm³/mol. The lowest BCUT2D eigenvalue weighted by Gasteiger charge is -2.13. The van der Waals surface area contributed by atoms with Crippen LogP contribution in [0.2, 0.25) is 0 Å². The topological polar surface area (TPSA) is 217 Å². The number of rotatable bonds is 11. The second-order valence-corrected chi connectivity index (χ2v) is 10.9. The number of carboxylic acid groups (broad SMARTS) is 2. The number of aromatic amines is 2. The maximum Gasteiger partial charge on any atom is 0.327 e. The molecule has 0 bridgehead atoms. The largest absolute Gasteiger partial charge is 0.480 e. The summed E-state index contributed by atoms with van der Waals surface area (Å²) in [6.45, 7) is 1.88. The van der Waals surface area contributed by atoms with Crippen molar-refractivity contribution in [3.63, 3.8) is 0 Å². The van der Waals surface area contributed by atoms with Crippen molar-refractivity contribution in [1.82, 2.24) is 20.3 Å². The van der Waals surface area contributed by atoms with Crippen LogP contribution in [0.1, 0.15) is 33.0 Å². The van der Waals surface area contributed by atoms with Crippen molar-refractivity contribution in [1.29, 1.82) is 0 Å². The number of aliphatic carboxylic acids is 2. The highest BCUT2D eigenvalue weighted by Crippen LogP contribution is 2.33. The quantitative estimate of drug-likeness (QED) is 0.138. The second kappa shape index (κ2) is 10.9. The van der Waals surface area contributed by atoms with E-state index < -0.39 is 29.9 Å². The summed E-state index contributed by atoms with van der Waals surface area (Å²) < 4.78 is 0. The van der Waals surface area contributed by atoms with Gasteiger partial charge in [0.2, 0.25) is 5.95 Å². The molecule has 0 aromatic carbocycles. The number of nitrogens with one attached hydrogen (secondary N) is 3. The van der Waals surface area contributed by atoms with Gasteiger partial charge in [-0.1, -0.05) is 28.5 Å². The van der Waals surface area contributed by atoms with Gasteiger partial charge in [-0.3, -0.25) is 19.4 Å². The third kappa shape index (κ3) is 5.91. The zero-order valence-corrected chi connectivity index (χ0v) is 20.2. The molecule has 34 heavy (non-hydrogen) atoms. The van der Waals surface area contributed by atoms with Crippen LogP contribution in [0.3, 0.4) is 0 Å². The lowest BCUT2D eigenvalue weighted by molar-refractivity contribution is -0.139. The van der Waals surface area contributed by atoms with Crippen molar-refractivity contribution in [2.45, 2.75) is 24.9 Å². The lowest BCUT2D eigenvalue weighted by atomic mass is 10.0. The van der Waals surface area contributed by atoms with Gasteiger partial charge >= 0.3 is 11.9 Å².